The molecule has 6 heteroatoms. The fourth-order valence-electron chi connectivity index (χ4n) is 1.56. The number of aryl methyl sites for hydroxylation is 1. The number of anilines is 1. The molecule has 1 aromatic carbocycles. The second-order valence-corrected chi connectivity index (χ2v) is 3.92. The third-order valence-electron chi connectivity index (χ3n) is 2.41. The molecular weight excluding hydrogens is 252 g/mol. The molecule has 19 heavy (non-hydrogen) atoms. The maximum Gasteiger partial charge on any atom is 0.168 e. The molecular formula is C13H13F2N3O. The van der Waals surface area contributed by atoms with Crippen LogP contribution >= 0.6 is 0 Å². The standard InChI is InChI=1S/C13H13F2N3O/c1-8-5-12(16-2)18-13(17-8)7-19-11-4-3-9(14)6-10(11)15/h3-6H,7H2,1-2H3,(H,16,17,18). The van der Waals surface area contributed by atoms with E-state index in [1.807, 2.05) is 6.92 Å². The third kappa shape index (κ3) is 3.37. The molecule has 2 aromatic rings. The summed E-state index contributed by atoms with van der Waals surface area (Å²) in [6, 6.07) is 4.92. The SMILES string of the molecule is CNc1cc(C)nc(COc2ccc(F)cc2F)n1. The van der Waals surface area contributed by atoms with Gasteiger partial charge in [-0.1, -0.05) is 0 Å². The number of halogens is 2. The van der Waals surface area contributed by atoms with Gasteiger partial charge in [0.2, 0.25) is 0 Å². The molecule has 0 aliphatic carbocycles. The number of hydrogen-bond donors (Lipinski definition) is 1. The molecule has 100 valence electrons. The molecule has 4 nitrogen and oxygen atoms in total. The van der Waals surface area contributed by atoms with Crippen LogP contribution in [-0.4, -0.2) is 17.0 Å². The van der Waals surface area contributed by atoms with Gasteiger partial charge in [0.25, 0.3) is 0 Å². The highest BCUT2D eigenvalue weighted by atomic mass is 19.1. The van der Waals surface area contributed by atoms with Crippen LogP contribution in [0.4, 0.5) is 14.6 Å². The summed E-state index contributed by atoms with van der Waals surface area (Å²) in [5, 5.41) is 2.89. The average Bonchev–Trinajstić information content (AvgIpc) is 2.37. The lowest BCUT2D eigenvalue weighted by molar-refractivity contribution is 0.280. The monoisotopic (exact) mass is 265 g/mol. The molecule has 0 bridgehead atoms. The zero-order chi connectivity index (χ0) is 13.8. The summed E-state index contributed by atoms with van der Waals surface area (Å²) < 4.78 is 31.3. The van der Waals surface area contributed by atoms with Gasteiger partial charge >= 0.3 is 0 Å². The number of benzene rings is 1. The number of nitrogens with zero attached hydrogens (tertiary/aromatic N) is 2. The van der Waals surface area contributed by atoms with Gasteiger partial charge in [0.1, 0.15) is 18.2 Å². The van der Waals surface area contributed by atoms with E-state index in [0.29, 0.717) is 11.6 Å². The van der Waals surface area contributed by atoms with Crippen molar-refractivity contribution in [3.05, 3.63) is 47.4 Å². The lowest BCUT2D eigenvalue weighted by Crippen LogP contribution is -2.06. The number of hydrogen-bond acceptors (Lipinski definition) is 4. The van der Waals surface area contributed by atoms with Gasteiger partial charge < -0.3 is 10.1 Å². The van der Waals surface area contributed by atoms with Crippen molar-refractivity contribution in [2.75, 3.05) is 12.4 Å². The molecule has 0 fully saturated rings. The molecule has 2 rings (SSSR count). The van der Waals surface area contributed by atoms with Crippen LogP contribution in [0.25, 0.3) is 0 Å². The predicted molar refractivity (Wildman–Crippen MR) is 67.0 cm³/mol. The van der Waals surface area contributed by atoms with Crippen LogP contribution in [0.15, 0.2) is 24.3 Å². The predicted octanol–water partition coefficient (Wildman–Crippen LogP) is 2.68. The number of aromatic nitrogens is 2. The molecule has 0 unspecified atom stereocenters. The van der Waals surface area contributed by atoms with Crippen LogP contribution in [0.5, 0.6) is 5.75 Å². The Morgan fingerprint density at radius 2 is 2.00 bits per heavy atom. The average molecular weight is 265 g/mol. The van der Waals surface area contributed by atoms with E-state index in [1.165, 1.54) is 6.07 Å². The van der Waals surface area contributed by atoms with E-state index in [1.54, 1.807) is 13.1 Å². The van der Waals surface area contributed by atoms with E-state index in [0.717, 1.165) is 17.8 Å². The minimum atomic E-state index is -0.749. The molecule has 0 atom stereocenters. The Bertz CT molecular complexity index is 590. The van der Waals surface area contributed by atoms with Crippen LogP contribution in [0.1, 0.15) is 11.5 Å². The van der Waals surface area contributed by atoms with Crippen molar-refractivity contribution in [3.8, 4) is 5.75 Å². The number of ether oxygens (including phenoxy) is 1. The molecule has 1 aromatic heterocycles. The molecule has 1 heterocycles. The van der Waals surface area contributed by atoms with E-state index < -0.39 is 11.6 Å². The fraction of sp³-hybridized carbons (Fsp3) is 0.231. The van der Waals surface area contributed by atoms with Gasteiger partial charge in [-0.2, -0.15) is 0 Å². The minimum absolute atomic E-state index is 0.0128. The van der Waals surface area contributed by atoms with E-state index in [2.05, 4.69) is 15.3 Å². The Morgan fingerprint density at radius 3 is 2.68 bits per heavy atom. The molecule has 0 saturated carbocycles. The summed E-state index contributed by atoms with van der Waals surface area (Å²) in [6.45, 7) is 1.84. The first kappa shape index (κ1) is 13.2. The third-order valence-corrected chi connectivity index (χ3v) is 2.41. The van der Waals surface area contributed by atoms with Crippen LogP contribution in [-0.2, 0) is 6.61 Å². The van der Waals surface area contributed by atoms with Crippen molar-refractivity contribution in [2.24, 2.45) is 0 Å². The van der Waals surface area contributed by atoms with Crippen LogP contribution < -0.4 is 10.1 Å². The zero-order valence-electron chi connectivity index (χ0n) is 10.6. The molecule has 0 aliphatic rings. The van der Waals surface area contributed by atoms with Gasteiger partial charge in [-0.05, 0) is 19.1 Å². The molecule has 0 spiro atoms. The summed E-state index contributed by atoms with van der Waals surface area (Å²) >= 11 is 0. The lowest BCUT2D eigenvalue weighted by atomic mass is 10.3. The van der Waals surface area contributed by atoms with Crippen molar-refractivity contribution in [1.82, 2.24) is 9.97 Å². The Morgan fingerprint density at radius 1 is 1.21 bits per heavy atom. The summed E-state index contributed by atoms with van der Waals surface area (Å²) in [4.78, 5) is 8.34. The summed E-state index contributed by atoms with van der Waals surface area (Å²) in [5.74, 6) is -0.341. The van der Waals surface area contributed by atoms with Crippen molar-refractivity contribution < 1.29 is 13.5 Å². The first-order chi connectivity index (χ1) is 9.08. The first-order valence-corrected chi connectivity index (χ1v) is 5.68. The van der Waals surface area contributed by atoms with Crippen LogP contribution in [0.3, 0.4) is 0 Å². The summed E-state index contributed by atoms with van der Waals surface area (Å²) in [6.07, 6.45) is 0. The van der Waals surface area contributed by atoms with Gasteiger partial charge in [0.15, 0.2) is 17.4 Å². The Labute approximate surface area is 109 Å². The second kappa shape index (κ2) is 5.60. The van der Waals surface area contributed by atoms with E-state index in [-0.39, 0.29) is 12.4 Å². The van der Waals surface area contributed by atoms with Gasteiger partial charge in [0.05, 0.1) is 0 Å². The molecule has 0 amide bonds. The van der Waals surface area contributed by atoms with E-state index in [4.69, 9.17) is 4.74 Å². The Hall–Kier alpha value is -2.24. The second-order valence-electron chi connectivity index (χ2n) is 3.92. The highest BCUT2D eigenvalue weighted by Crippen LogP contribution is 2.18. The molecule has 0 aliphatic heterocycles. The van der Waals surface area contributed by atoms with E-state index in [9.17, 15) is 8.78 Å². The largest absolute Gasteiger partial charge is 0.483 e. The van der Waals surface area contributed by atoms with E-state index >= 15 is 0 Å². The topological polar surface area (TPSA) is 47.0 Å². The summed E-state index contributed by atoms with van der Waals surface area (Å²) in [5.41, 5.74) is 0.775. The van der Waals surface area contributed by atoms with Crippen molar-refractivity contribution in [3.63, 3.8) is 0 Å². The number of rotatable bonds is 4. The normalized spacial score (nSPS) is 10.3. The van der Waals surface area contributed by atoms with Crippen molar-refractivity contribution in [2.45, 2.75) is 13.5 Å². The first-order valence-electron chi connectivity index (χ1n) is 5.68. The lowest BCUT2D eigenvalue weighted by Gasteiger charge is -2.08. The van der Waals surface area contributed by atoms with Crippen LogP contribution in [0.2, 0.25) is 0 Å². The van der Waals surface area contributed by atoms with Crippen molar-refractivity contribution >= 4 is 5.82 Å². The van der Waals surface area contributed by atoms with Crippen molar-refractivity contribution in [1.29, 1.82) is 0 Å². The zero-order valence-corrected chi connectivity index (χ0v) is 10.6. The smallest absolute Gasteiger partial charge is 0.168 e. The maximum atomic E-state index is 13.4. The van der Waals surface area contributed by atoms with Gasteiger partial charge in [-0.25, -0.2) is 18.7 Å². The summed E-state index contributed by atoms with van der Waals surface area (Å²) in [7, 11) is 1.74. The van der Waals surface area contributed by atoms with Gasteiger partial charge in [0, 0.05) is 24.9 Å². The maximum absolute atomic E-state index is 13.4. The van der Waals surface area contributed by atoms with Gasteiger partial charge in [-0.3, -0.25) is 0 Å². The quantitative estimate of drug-likeness (QED) is 0.923. The Kier molecular flexibility index (Phi) is 3.89. The fourth-order valence-corrected chi connectivity index (χ4v) is 1.56. The number of nitrogens with one attached hydrogen (secondary N) is 1. The molecule has 1 N–H and O–H groups in total. The molecule has 0 radical (unpaired) electrons. The van der Waals surface area contributed by atoms with Gasteiger partial charge in [-0.15, -0.1) is 0 Å². The molecule has 0 saturated heterocycles. The highest BCUT2D eigenvalue weighted by Gasteiger charge is 2.07. The Balaban J connectivity index is 2.12. The van der Waals surface area contributed by atoms with Crippen LogP contribution in [0, 0.1) is 18.6 Å². The minimum Gasteiger partial charge on any atom is -0.483 e. The highest BCUT2D eigenvalue weighted by molar-refractivity contribution is 5.34.